The van der Waals surface area contributed by atoms with E-state index in [0.29, 0.717) is 11.5 Å². The van der Waals surface area contributed by atoms with Crippen molar-refractivity contribution in [3.63, 3.8) is 0 Å². The standard InChI is InChI=1S/C44H44O4P2/c1-43(2,3)37-27-15-19-31-41(37)47-49(33-21-9-7-10-22-33)45-39-29-17-13-25-35(39)36-26-14-18-30-40(36)46-50(34-23-11-8-12-24-34)48-42-32-20-16-28-38(42)44(4,5)6/h7-32H,1-6H3. The molecule has 6 heteroatoms. The fourth-order valence-corrected chi connectivity index (χ4v) is 8.25. The first-order chi connectivity index (χ1) is 24.1. The lowest BCUT2D eigenvalue weighted by Crippen LogP contribution is -2.15. The lowest BCUT2D eigenvalue weighted by atomic mass is 9.86. The Morgan fingerprint density at radius 3 is 0.960 bits per heavy atom. The van der Waals surface area contributed by atoms with Crippen molar-refractivity contribution in [2.45, 2.75) is 52.4 Å². The Labute approximate surface area is 299 Å². The molecule has 2 atom stereocenters. The summed E-state index contributed by atoms with van der Waals surface area (Å²) in [7, 11) is -3.10. The van der Waals surface area contributed by atoms with Gasteiger partial charge in [-0.3, -0.25) is 0 Å². The van der Waals surface area contributed by atoms with Gasteiger partial charge < -0.3 is 18.1 Å². The second-order valence-electron chi connectivity index (χ2n) is 14.0. The van der Waals surface area contributed by atoms with Gasteiger partial charge in [-0.2, -0.15) is 0 Å². The number of para-hydroxylation sites is 4. The monoisotopic (exact) mass is 698 g/mol. The summed E-state index contributed by atoms with van der Waals surface area (Å²) in [6.07, 6.45) is 0. The highest BCUT2D eigenvalue weighted by Gasteiger charge is 2.27. The van der Waals surface area contributed by atoms with Crippen LogP contribution in [0.2, 0.25) is 0 Å². The Hall–Kier alpha value is -4.62. The smallest absolute Gasteiger partial charge is 0.326 e. The average Bonchev–Trinajstić information content (AvgIpc) is 3.12. The van der Waals surface area contributed by atoms with Crippen LogP contribution in [0.15, 0.2) is 158 Å². The van der Waals surface area contributed by atoms with Crippen LogP contribution in [0.5, 0.6) is 23.0 Å². The van der Waals surface area contributed by atoms with Crippen molar-refractivity contribution in [2.24, 2.45) is 0 Å². The first-order valence-electron chi connectivity index (χ1n) is 16.9. The normalized spacial score (nSPS) is 12.8. The van der Waals surface area contributed by atoms with Crippen molar-refractivity contribution in [3.8, 4) is 34.1 Å². The van der Waals surface area contributed by atoms with E-state index in [0.717, 1.165) is 44.4 Å². The summed E-state index contributed by atoms with van der Waals surface area (Å²) in [4.78, 5) is 0. The Morgan fingerprint density at radius 2 is 0.600 bits per heavy atom. The van der Waals surface area contributed by atoms with Crippen molar-refractivity contribution in [1.29, 1.82) is 0 Å². The van der Waals surface area contributed by atoms with Crippen molar-refractivity contribution in [1.82, 2.24) is 0 Å². The molecule has 254 valence electrons. The molecule has 2 unspecified atom stereocenters. The Balaban J connectivity index is 1.37. The van der Waals surface area contributed by atoms with Gasteiger partial charge in [-0.25, -0.2) is 0 Å². The van der Waals surface area contributed by atoms with Crippen LogP contribution in [0.1, 0.15) is 52.7 Å². The van der Waals surface area contributed by atoms with E-state index in [9.17, 15) is 0 Å². The highest BCUT2D eigenvalue weighted by atomic mass is 31.2. The third-order valence-electron chi connectivity index (χ3n) is 8.11. The van der Waals surface area contributed by atoms with Crippen molar-refractivity contribution >= 4 is 27.4 Å². The third-order valence-corrected chi connectivity index (χ3v) is 11.0. The fourth-order valence-electron chi connectivity index (χ4n) is 5.57. The third kappa shape index (κ3) is 8.56. The topological polar surface area (TPSA) is 36.9 Å². The van der Waals surface area contributed by atoms with Crippen molar-refractivity contribution in [2.75, 3.05) is 0 Å². The van der Waals surface area contributed by atoms with Crippen LogP contribution in [0.3, 0.4) is 0 Å². The highest BCUT2D eigenvalue weighted by Crippen LogP contribution is 2.49. The van der Waals surface area contributed by atoms with Crippen molar-refractivity contribution < 1.29 is 18.1 Å². The predicted molar refractivity (Wildman–Crippen MR) is 211 cm³/mol. The summed E-state index contributed by atoms with van der Waals surface area (Å²) >= 11 is 0. The van der Waals surface area contributed by atoms with Gasteiger partial charge in [0.25, 0.3) is 0 Å². The molecule has 6 rings (SSSR count). The molecule has 0 amide bonds. The van der Waals surface area contributed by atoms with E-state index < -0.39 is 16.8 Å². The summed E-state index contributed by atoms with van der Waals surface area (Å²) in [5.74, 6) is 3.04. The molecular weight excluding hydrogens is 654 g/mol. The minimum Gasteiger partial charge on any atom is -0.435 e. The second-order valence-corrected chi connectivity index (χ2v) is 16.8. The summed E-state index contributed by atoms with van der Waals surface area (Å²) in [6.45, 7) is 13.2. The van der Waals surface area contributed by atoms with Crippen LogP contribution in [-0.4, -0.2) is 0 Å². The predicted octanol–water partition coefficient (Wildman–Crippen LogP) is 12.1. The Kier molecular flexibility index (Phi) is 10.9. The van der Waals surface area contributed by atoms with Crippen LogP contribution < -0.4 is 28.7 Å². The maximum atomic E-state index is 6.91. The molecule has 0 heterocycles. The van der Waals surface area contributed by atoms with Crippen LogP contribution in [-0.2, 0) is 10.8 Å². The molecule has 0 aliphatic heterocycles. The molecule has 0 aliphatic carbocycles. The molecule has 0 spiro atoms. The number of rotatable bonds is 11. The van der Waals surface area contributed by atoms with E-state index in [2.05, 4.69) is 102 Å². The molecule has 0 fully saturated rings. The van der Waals surface area contributed by atoms with Gasteiger partial charge >= 0.3 is 16.8 Å². The molecule has 4 nitrogen and oxygen atoms in total. The van der Waals surface area contributed by atoms with Crippen molar-refractivity contribution in [3.05, 3.63) is 169 Å². The molecule has 6 aromatic rings. The maximum absolute atomic E-state index is 6.91. The average molecular weight is 699 g/mol. The summed E-state index contributed by atoms with van der Waals surface area (Å²) < 4.78 is 27.4. The van der Waals surface area contributed by atoms with Gasteiger partial charge in [-0.05, 0) is 70.5 Å². The minimum atomic E-state index is -1.55. The van der Waals surface area contributed by atoms with Gasteiger partial charge in [0.15, 0.2) is 0 Å². The van der Waals surface area contributed by atoms with Gasteiger partial charge in [0.1, 0.15) is 23.0 Å². The second kappa shape index (κ2) is 15.5. The summed E-state index contributed by atoms with van der Waals surface area (Å²) in [5.41, 5.74) is 3.85. The molecule has 6 aromatic carbocycles. The molecule has 0 saturated heterocycles. The first-order valence-corrected chi connectivity index (χ1v) is 19.2. The Bertz CT molecular complexity index is 1850. The molecule has 0 aromatic heterocycles. The number of benzene rings is 6. The molecular formula is C44H44O4P2. The van der Waals surface area contributed by atoms with Crippen LogP contribution in [0.4, 0.5) is 0 Å². The van der Waals surface area contributed by atoms with E-state index >= 15 is 0 Å². The molecule has 0 saturated carbocycles. The SMILES string of the molecule is CC(C)(C)c1ccccc1OP(Oc1ccccc1-c1ccccc1OP(Oc1ccccc1C(C)(C)C)c1ccccc1)c1ccccc1. The number of hydrogen-bond donors (Lipinski definition) is 0. The zero-order valence-electron chi connectivity index (χ0n) is 29.5. The van der Waals surface area contributed by atoms with E-state index in [4.69, 9.17) is 18.1 Å². The highest BCUT2D eigenvalue weighted by molar-refractivity contribution is 7.57. The zero-order chi connectivity index (χ0) is 35.1. The van der Waals surface area contributed by atoms with E-state index in [1.165, 1.54) is 0 Å². The summed E-state index contributed by atoms with van der Waals surface area (Å²) in [5, 5.41) is 1.95. The van der Waals surface area contributed by atoms with Gasteiger partial charge in [0.05, 0.1) is 10.6 Å². The van der Waals surface area contributed by atoms with E-state index in [-0.39, 0.29) is 10.8 Å². The van der Waals surface area contributed by atoms with Gasteiger partial charge in [-0.15, -0.1) is 0 Å². The molecule has 0 bridgehead atoms. The Morgan fingerprint density at radius 1 is 0.320 bits per heavy atom. The molecule has 0 aliphatic rings. The van der Waals surface area contributed by atoms with Crippen LogP contribution >= 0.6 is 16.8 Å². The molecule has 0 N–H and O–H groups in total. The van der Waals surface area contributed by atoms with E-state index in [1.807, 2.05) is 97.1 Å². The first kappa shape index (κ1) is 35.2. The summed E-state index contributed by atoms with van der Waals surface area (Å²) in [6, 6.07) is 53.0. The minimum absolute atomic E-state index is 0.102. The van der Waals surface area contributed by atoms with Gasteiger partial charge in [0, 0.05) is 11.1 Å². The zero-order valence-corrected chi connectivity index (χ0v) is 31.3. The van der Waals surface area contributed by atoms with Gasteiger partial charge in [0.2, 0.25) is 0 Å². The molecule has 50 heavy (non-hydrogen) atoms. The van der Waals surface area contributed by atoms with E-state index in [1.54, 1.807) is 0 Å². The fraction of sp³-hybridized carbons (Fsp3) is 0.182. The maximum Gasteiger partial charge on any atom is 0.326 e. The largest absolute Gasteiger partial charge is 0.435 e. The number of hydrogen-bond acceptors (Lipinski definition) is 4. The van der Waals surface area contributed by atoms with Gasteiger partial charge in [-0.1, -0.05) is 151 Å². The van der Waals surface area contributed by atoms with Crippen LogP contribution in [0.25, 0.3) is 11.1 Å². The van der Waals surface area contributed by atoms with Crippen LogP contribution in [0, 0.1) is 0 Å². The lowest BCUT2D eigenvalue weighted by Gasteiger charge is -2.27. The quantitative estimate of drug-likeness (QED) is 0.126. The molecule has 0 radical (unpaired) electrons. The lowest BCUT2D eigenvalue weighted by molar-refractivity contribution is 0.479.